The van der Waals surface area contributed by atoms with Gasteiger partial charge in [0.15, 0.2) is 0 Å². The number of imide groups is 1. The molecule has 1 spiro atoms. The molecule has 0 aliphatic carbocycles. The van der Waals surface area contributed by atoms with E-state index in [1.165, 1.54) is 4.90 Å². The van der Waals surface area contributed by atoms with Gasteiger partial charge in [-0.15, -0.1) is 0 Å². The van der Waals surface area contributed by atoms with Crippen LogP contribution in [0.4, 0.5) is 5.69 Å². The van der Waals surface area contributed by atoms with Crippen LogP contribution in [0.2, 0.25) is 0 Å². The first kappa shape index (κ1) is 18.2. The van der Waals surface area contributed by atoms with E-state index in [9.17, 15) is 14.4 Å². The van der Waals surface area contributed by atoms with Crippen LogP contribution in [0.25, 0.3) is 0 Å². The number of hydrogen-bond donors (Lipinski definition) is 2. The molecule has 0 saturated carbocycles. The molecule has 0 radical (unpaired) electrons. The Balaban J connectivity index is 1.89. The Bertz CT molecular complexity index is 841. The van der Waals surface area contributed by atoms with Crippen LogP contribution in [0.15, 0.2) is 24.3 Å². The Labute approximate surface area is 159 Å². The summed E-state index contributed by atoms with van der Waals surface area (Å²) in [6, 6.07) is 7.25. The second kappa shape index (κ2) is 5.64. The number of carbonyl (C=O) groups excluding carboxylic acids is 3. The maximum atomic E-state index is 13.5. The number of carbonyl (C=O) groups is 3. The summed E-state index contributed by atoms with van der Waals surface area (Å²) >= 11 is 0. The minimum absolute atomic E-state index is 0.162. The fourth-order valence-electron chi connectivity index (χ4n) is 5.13. The summed E-state index contributed by atoms with van der Waals surface area (Å²) in [5, 5.41) is 6.38. The summed E-state index contributed by atoms with van der Waals surface area (Å²) in [6.07, 6.45) is 0.732. The third-order valence-electron chi connectivity index (χ3n) is 6.02. The van der Waals surface area contributed by atoms with E-state index in [0.29, 0.717) is 11.6 Å². The lowest BCUT2D eigenvalue weighted by Crippen LogP contribution is -2.55. The SMILES string of the molecule is CC(C)C[C@@H]1N[C@@]2(C(=O)Nc3ccccc32)[C@@H]2C(=O)N(C(C)(C)C)C(=O)[C@H]12. The lowest BCUT2D eigenvalue weighted by molar-refractivity contribution is -0.147. The molecule has 6 nitrogen and oxygen atoms in total. The molecular formula is C21H27N3O3. The Kier molecular flexibility index (Phi) is 3.80. The van der Waals surface area contributed by atoms with Crippen LogP contribution in [-0.4, -0.2) is 34.2 Å². The second-order valence-electron chi connectivity index (χ2n) is 9.37. The molecule has 1 aromatic carbocycles. The van der Waals surface area contributed by atoms with Crippen LogP contribution in [0, 0.1) is 17.8 Å². The molecule has 3 amide bonds. The number of fused-ring (bicyclic) bond motifs is 4. The highest BCUT2D eigenvalue weighted by Gasteiger charge is 2.71. The Morgan fingerprint density at radius 1 is 1.11 bits per heavy atom. The van der Waals surface area contributed by atoms with Gasteiger partial charge in [-0.1, -0.05) is 32.0 Å². The number of hydrogen-bond acceptors (Lipinski definition) is 4. The molecule has 2 fully saturated rings. The molecule has 2 saturated heterocycles. The number of likely N-dealkylation sites (tertiary alicyclic amines) is 1. The first-order chi connectivity index (χ1) is 12.6. The summed E-state index contributed by atoms with van der Waals surface area (Å²) in [5.41, 5.74) is -0.300. The van der Waals surface area contributed by atoms with Crippen LogP contribution >= 0.6 is 0 Å². The molecule has 0 bridgehead atoms. The Hall–Kier alpha value is -2.21. The highest BCUT2D eigenvalue weighted by molar-refractivity contribution is 6.15. The van der Waals surface area contributed by atoms with Gasteiger partial charge in [-0.25, -0.2) is 0 Å². The van der Waals surface area contributed by atoms with Gasteiger partial charge in [0, 0.05) is 22.8 Å². The van der Waals surface area contributed by atoms with Gasteiger partial charge >= 0.3 is 0 Å². The zero-order valence-corrected chi connectivity index (χ0v) is 16.5. The summed E-state index contributed by atoms with van der Waals surface area (Å²) in [4.78, 5) is 41.4. The summed E-state index contributed by atoms with van der Waals surface area (Å²) in [7, 11) is 0. The third-order valence-corrected chi connectivity index (χ3v) is 6.02. The molecule has 4 atom stereocenters. The second-order valence-corrected chi connectivity index (χ2v) is 9.37. The predicted molar refractivity (Wildman–Crippen MR) is 102 cm³/mol. The van der Waals surface area contributed by atoms with Crippen LogP contribution in [0.5, 0.6) is 0 Å². The summed E-state index contributed by atoms with van der Waals surface area (Å²) in [5.74, 6) is -1.54. The van der Waals surface area contributed by atoms with Crippen LogP contribution < -0.4 is 10.6 Å². The molecule has 0 aromatic heterocycles. The molecule has 3 aliphatic rings. The maximum absolute atomic E-state index is 13.5. The van der Waals surface area contributed by atoms with Crippen molar-refractivity contribution in [2.45, 2.75) is 58.2 Å². The molecular weight excluding hydrogens is 342 g/mol. The molecule has 1 aromatic rings. The lowest BCUT2D eigenvalue weighted by Gasteiger charge is -2.34. The van der Waals surface area contributed by atoms with E-state index in [-0.39, 0.29) is 23.8 Å². The molecule has 3 heterocycles. The fraction of sp³-hybridized carbons (Fsp3) is 0.571. The van der Waals surface area contributed by atoms with Crippen molar-refractivity contribution in [3.63, 3.8) is 0 Å². The van der Waals surface area contributed by atoms with E-state index in [1.54, 1.807) is 0 Å². The number of para-hydroxylation sites is 1. The van der Waals surface area contributed by atoms with Gasteiger partial charge in [-0.3, -0.25) is 24.6 Å². The van der Waals surface area contributed by atoms with Crippen molar-refractivity contribution in [2.75, 3.05) is 5.32 Å². The molecule has 6 heteroatoms. The van der Waals surface area contributed by atoms with Crippen molar-refractivity contribution in [2.24, 2.45) is 17.8 Å². The first-order valence-electron chi connectivity index (χ1n) is 9.65. The van der Waals surface area contributed by atoms with E-state index < -0.39 is 22.9 Å². The first-order valence-corrected chi connectivity index (χ1v) is 9.65. The number of anilines is 1. The molecule has 0 unspecified atom stereocenters. The van der Waals surface area contributed by atoms with Gasteiger partial charge < -0.3 is 5.32 Å². The van der Waals surface area contributed by atoms with Crippen molar-refractivity contribution >= 4 is 23.4 Å². The lowest BCUT2D eigenvalue weighted by atomic mass is 9.76. The topological polar surface area (TPSA) is 78.5 Å². The van der Waals surface area contributed by atoms with Gasteiger partial charge in [0.25, 0.3) is 0 Å². The highest BCUT2D eigenvalue weighted by Crippen LogP contribution is 2.54. The minimum atomic E-state index is -1.17. The van der Waals surface area contributed by atoms with Gasteiger partial charge in [0.05, 0.1) is 11.8 Å². The summed E-state index contributed by atoms with van der Waals surface area (Å²) in [6.45, 7) is 9.78. The van der Waals surface area contributed by atoms with Crippen LogP contribution in [0.3, 0.4) is 0 Å². The number of benzene rings is 1. The Morgan fingerprint density at radius 3 is 2.41 bits per heavy atom. The maximum Gasteiger partial charge on any atom is 0.250 e. The quantitative estimate of drug-likeness (QED) is 0.784. The minimum Gasteiger partial charge on any atom is -0.324 e. The molecule has 27 heavy (non-hydrogen) atoms. The molecule has 3 aliphatic heterocycles. The van der Waals surface area contributed by atoms with Crippen LogP contribution in [-0.2, 0) is 19.9 Å². The zero-order chi connectivity index (χ0) is 19.7. The van der Waals surface area contributed by atoms with Gasteiger partial charge in [-0.05, 0) is 39.2 Å². The zero-order valence-electron chi connectivity index (χ0n) is 16.5. The van der Waals surface area contributed by atoms with E-state index >= 15 is 0 Å². The number of nitrogens with one attached hydrogen (secondary N) is 2. The number of rotatable bonds is 2. The van der Waals surface area contributed by atoms with Crippen molar-refractivity contribution < 1.29 is 14.4 Å². The molecule has 144 valence electrons. The third kappa shape index (κ3) is 2.32. The summed E-state index contributed by atoms with van der Waals surface area (Å²) < 4.78 is 0. The van der Waals surface area contributed by atoms with Crippen molar-refractivity contribution in [3.8, 4) is 0 Å². The standard InChI is InChI=1S/C21H27N3O3/c1-11(2)10-14-15-16(18(26)24(17(15)25)20(3,4)5)21(23-14)12-8-6-7-9-13(12)22-19(21)27/h6-9,11,14-16,23H,10H2,1-5H3,(H,22,27)/t14-,15+,16-,21+/m0/s1. The van der Waals surface area contributed by atoms with Gasteiger partial charge in [-0.2, -0.15) is 0 Å². The van der Waals surface area contributed by atoms with Gasteiger partial charge in [0.1, 0.15) is 5.54 Å². The van der Waals surface area contributed by atoms with E-state index in [1.807, 2.05) is 45.0 Å². The van der Waals surface area contributed by atoms with Gasteiger partial charge in [0.2, 0.25) is 17.7 Å². The highest BCUT2D eigenvalue weighted by atomic mass is 16.2. The fourth-order valence-corrected chi connectivity index (χ4v) is 5.13. The molecule has 4 rings (SSSR count). The van der Waals surface area contributed by atoms with E-state index in [0.717, 1.165) is 12.0 Å². The Morgan fingerprint density at radius 2 is 1.78 bits per heavy atom. The van der Waals surface area contributed by atoms with E-state index in [2.05, 4.69) is 24.5 Å². The van der Waals surface area contributed by atoms with E-state index in [4.69, 9.17) is 0 Å². The normalized spacial score (nSPS) is 32.4. The largest absolute Gasteiger partial charge is 0.324 e. The predicted octanol–water partition coefficient (Wildman–Crippen LogP) is 2.25. The smallest absolute Gasteiger partial charge is 0.250 e. The molecule has 2 N–H and O–H groups in total. The number of amides is 3. The van der Waals surface area contributed by atoms with Crippen molar-refractivity contribution in [3.05, 3.63) is 29.8 Å². The van der Waals surface area contributed by atoms with Crippen molar-refractivity contribution in [1.82, 2.24) is 10.2 Å². The average molecular weight is 369 g/mol. The van der Waals surface area contributed by atoms with Crippen molar-refractivity contribution in [1.29, 1.82) is 0 Å². The monoisotopic (exact) mass is 369 g/mol. The average Bonchev–Trinajstić information content (AvgIpc) is 3.12. The number of nitrogens with zero attached hydrogens (tertiary/aromatic N) is 1. The van der Waals surface area contributed by atoms with Crippen LogP contribution in [0.1, 0.15) is 46.6 Å².